The van der Waals surface area contributed by atoms with E-state index in [9.17, 15) is 19.8 Å². The van der Waals surface area contributed by atoms with Crippen molar-refractivity contribution >= 4 is 23.2 Å². The third-order valence-corrected chi connectivity index (χ3v) is 6.74. The highest BCUT2D eigenvalue weighted by Crippen LogP contribution is 2.38. The molecule has 1 saturated carbocycles. The first kappa shape index (κ1) is 20.8. The molecule has 2 heterocycles. The second-order valence-electron chi connectivity index (χ2n) is 8.96. The van der Waals surface area contributed by atoms with Gasteiger partial charge in [0.1, 0.15) is 5.60 Å². The lowest BCUT2D eigenvalue weighted by atomic mass is 10.0. The number of hydrogen-bond donors (Lipinski definition) is 3. The quantitative estimate of drug-likeness (QED) is 0.670. The van der Waals surface area contributed by atoms with Gasteiger partial charge in [0.2, 0.25) is 0 Å². The number of benzene rings is 2. The third kappa shape index (κ3) is 3.59. The average Bonchev–Trinajstić information content (AvgIpc) is 3.48. The van der Waals surface area contributed by atoms with Gasteiger partial charge in [0.05, 0.1) is 30.7 Å². The Hall–Kier alpha value is -3.10. The second-order valence-corrected chi connectivity index (χ2v) is 8.96. The number of carbonyl (C=O) groups excluding carboxylic acids is 2. The molecule has 8 heteroatoms. The lowest BCUT2D eigenvalue weighted by molar-refractivity contribution is -0.148. The lowest BCUT2D eigenvalue weighted by Gasteiger charge is -2.41. The smallest absolute Gasteiger partial charge is 0.254 e. The SMILES string of the molecule is CN1CNc2cc(-c3ccc(C(=O)N4CCN(C(=O)C5(O)CC5)[C@@H](CO)C4)cc3)ccc21. The molecule has 2 aliphatic heterocycles. The third-order valence-electron chi connectivity index (χ3n) is 6.74. The van der Waals surface area contributed by atoms with Crippen LogP contribution in [0.4, 0.5) is 11.4 Å². The van der Waals surface area contributed by atoms with Crippen LogP contribution in [0.3, 0.4) is 0 Å². The normalized spacial score (nSPS) is 21.2. The summed E-state index contributed by atoms with van der Waals surface area (Å²) in [6, 6.07) is 13.3. The molecule has 32 heavy (non-hydrogen) atoms. The molecular weight excluding hydrogens is 408 g/mol. The Morgan fingerprint density at radius 1 is 1.09 bits per heavy atom. The first-order valence-electron chi connectivity index (χ1n) is 11.0. The van der Waals surface area contributed by atoms with Crippen molar-refractivity contribution in [1.82, 2.24) is 9.80 Å². The van der Waals surface area contributed by atoms with Crippen LogP contribution in [0.2, 0.25) is 0 Å². The molecular formula is C24H28N4O4. The molecule has 2 aromatic carbocycles. The molecule has 0 aromatic heterocycles. The van der Waals surface area contributed by atoms with Crippen molar-refractivity contribution in [3.05, 3.63) is 48.0 Å². The largest absolute Gasteiger partial charge is 0.394 e. The van der Waals surface area contributed by atoms with Crippen LogP contribution in [0.25, 0.3) is 11.1 Å². The van der Waals surface area contributed by atoms with Gasteiger partial charge in [0.15, 0.2) is 0 Å². The van der Waals surface area contributed by atoms with Gasteiger partial charge in [-0.05, 0) is 48.2 Å². The van der Waals surface area contributed by atoms with E-state index in [4.69, 9.17) is 0 Å². The van der Waals surface area contributed by atoms with Gasteiger partial charge in [-0.3, -0.25) is 9.59 Å². The first-order valence-corrected chi connectivity index (χ1v) is 11.0. The van der Waals surface area contributed by atoms with E-state index >= 15 is 0 Å². The zero-order chi connectivity index (χ0) is 22.5. The Morgan fingerprint density at radius 2 is 1.81 bits per heavy atom. The molecule has 0 bridgehead atoms. The van der Waals surface area contributed by atoms with Crippen LogP contribution < -0.4 is 10.2 Å². The van der Waals surface area contributed by atoms with Crippen molar-refractivity contribution in [2.75, 3.05) is 50.2 Å². The van der Waals surface area contributed by atoms with Crippen molar-refractivity contribution < 1.29 is 19.8 Å². The zero-order valence-electron chi connectivity index (χ0n) is 18.1. The van der Waals surface area contributed by atoms with Crippen LogP contribution in [-0.2, 0) is 4.79 Å². The second kappa shape index (κ2) is 7.79. The summed E-state index contributed by atoms with van der Waals surface area (Å²) >= 11 is 0. The highest BCUT2D eigenvalue weighted by molar-refractivity contribution is 5.95. The highest BCUT2D eigenvalue weighted by atomic mass is 16.3. The Kier molecular flexibility index (Phi) is 5.06. The van der Waals surface area contributed by atoms with E-state index in [1.165, 1.54) is 10.6 Å². The zero-order valence-corrected chi connectivity index (χ0v) is 18.1. The number of aliphatic hydroxyl groups excluding tert-OH is 1. The summed E-state index contributed by atoms with van der Waals surface area (Å²) < 4.78 is 0. The molecule has 0 unspecified atom stereocenters. The van der Waals surface area contributed by atoms with Gasteiger partial charge in [-0.15, -0.1) is 0 Å². The first-order chi connectivity index (χ1) is 15.4. The number of fused-ring (bicyclic) bond motifs is 1. The van der Waals surface area contributed by atoms with Gasteiger partial charge >= 0.3 is 0 Å². The van der Waals surface area contributed by atoms with E-state index in [0.717, 1.165) is 23.5 Å². The van der Waals surface area contributed by atoms with Gasteiger partial charge in [-0.25, -0.2) is 0 Å². The van der Waals surface area contributed by atoms with E-state index in [1.807, 2.05) is 31.3 Å². The number of hydrogen-bond acceptors (Lipinski definition) is 6. The maximum atomic E-state index is 13.1. The number of nitrogens with one attached hydrogen (secondary N) is 1. The molecule has 2 aromatic rings. The van der Waals surface area contributed by atoms with Gasteiger partial charge in [0, 0.05) is 32.2 Å². The Labute approximate surface area is 187 Å². The fraction of sp³-hybridized carbons (Fsp3) is 0.417. The summed E-state index contributed by atoms with van der Waals surface area (Å²) in [6.07, 6.45) is 0.929. The fourth-order valence-corrected chi connectivity index (χ4v) is 4.53. The van der Waals surface area contributed by atoms with Crippen molar-refractivity contribution in [2.24, 2.45) is 0 Å². The fourth-order valence-electron chi connectivity index (χ4n) is 4.53. The molecule has 3 N–H and O–H groups in total. The number of aliphatic hydroxyl groups is 2. The summed E-state index contributed by atoms with van der Waals surface area (Å²) in [5.41, 5.74) is 3.69. The monoisotopic (exact) mass is 436 g/mol. The minimum Gasteiger partial charge on any atom is -0.394 e. The van der Waals surface area contributed by atoms with Crippen LogP contribution in [0.5, 0.6) is 0 Å². The number of rotatable bonds is 4. The van der Waals surface area contributed by atoms with Gasteiger partial charge in [-0.2, -0.15) is 0 Å². The standard InChI is InChI=1S/C24H28N4O4/c1-26-15-25-20-12-18(6-7-21(20)26)16-2-4-17(5-3-16)22(30)27-10-11-28(19(13-27)14-29)23(31)24(32)8-9-24/h2-7,12,19,25,29,32H,8-11,13-15H2,1H3/t19-/m1/s1. The van der Waals surface area contributed by atoms with Crippen LogP contribution in [0, 0.1) is 0 Å². The summed E-state index contributed by atoms with van der Waals surface area (Å²) in [6.45, 7) is 1.49. The highest BCUT2D eigenvalue weighted by Gasteiger charge is 2.52. The molecule has 0 spiro atoms. The summed E-state index contributed by atoms with van der Waals surface area (Å²) in [7, 11) is 2.05. The predicted molar refractivity (Wildman–Crippen MR) is 121 cm³/mol. The van der Waals surface area contributed by atoms with Crippen LogP contribution in [-0.4, -0.2) is 83.4 Å². The summed E-state index contributed by atoms with van der Waals surface area (Å²) in [4.78, 5) is 30.9. The van der Waals surface area contributed by atoms with Crippen molar-refractivity contribution in [3.63, 3.8) is 0 Å². The molecule has 3 aliphatic rings. The van der Waals surface area contributed by atoms with Crippen LogP contribution in [0.15, 0.2) is 42.5 Å². The van der Waals surface area contributed by atoms with Gasteiger partial charge in [0.25, 0.3) is 11.8 Å². The molecule has 1 atom stereocenters. The topological polar surface area (TPSA) is 96.4 Å². The van der Waals surface area contributed by atoms with E-state index in [1.54, 1.807) is 4.90 Å². The molecule has 2 amide bonds. The number of carbonyl (C=O) groups is 2. The summed E-state index contributed by atoms with van der Waals surface area (Å²) in [5, 5.41) is 23.3. The number of piperazine rings is 1. The maximum absolute atomic E-state index is 13.1. The number of nitrogens with zero attached hydrogens (tertiary/aromatic N) is 3. The molecule has 1 aliphatic carbocycles. The van der Waals surface area contributed by atoms with Crippen molar-refractivity contribution in [2.45, 2.75) is 24.5 Å². The Morgan fingerprint density at radius 3 is 2.50 bits per heavy atom. The van der Waals surface area contributed by atoms with E-state index in [-0.39, 0.29) is 25.0 Å². The predicted octanol–water partition coefficient (Wildman–Crippen LogP) is 1.34. The minimum absolute atomic E-state index is 0.121. The number of anilines is 2. The van der Waals surface area contributed by atoms with Crippen LogP contribution in [0.1, 0.15) is 23.2 Å². The average molecular weight is 437 g/mol. The van der Waals surface area contributed by atoms with E-state index in [0.29, 0.717) is 31.5 Å². The van der Waals surface area contributed by atoms with E-state index < -0.39 is 11.6 Å². The lowest BCUT2D eigenvalue weighted by Crippen LogP contribution is -2.60. The van der Waals surface area contributed by atoms with Gasteiger partial charge in [-0.1, -0.05) is 18.2 Å². The minimum atomic E-state index is -1.27. The van der Waals surface area contributed by atoms with Crippen molar-refractivity contribution in [3.8, 4) is 11.1 Å². The Balaban J connectivity index is 1.27. The molecule has 2 fully saturated rings. The summed E-state index contributed by atoms with van der Waals surface area (Å²) in [5.74, 6) is -0.451. The molecule has 1 saturated heterocycles. The van der Waals surface area contributed by atoms with Gasteiger partial charge < -0.3 is 30.2 Å². The molecule has 168 valence electrons. The van der Waals surface area contributed by atoms with E-state index in [2.05, 4.69) is 28.4 Å². The molecule has 8 nitrogen and oxygen atoms in total. The van der Waals surface area contributed by atoms with Crippen LogP contribution >= 0.6 is 0 Å². The maximum Gasteiger partial charge on any atom is 0.254 e. The van der Waals surface area contributed by atoms with Crippen molar-refractivity contribution in [1.29, 1.82) is 0 Å². The Bertz CT molecular complexity index is 1050. The number of amides is 2. The molecule has 0 radical (unpaired) electrons. The molecule has 5 rings (SSSR count).